The van der Waals surface area contributed by atoms with Crippen molar-refractivity contribution in [2.45, 2.75) is 6.92 Å². The van der Waals surface area contributed by atoms with E-state index in [1.165, 1.54) is 19.2 Å². The number of nitrogens with one attached hydrogen (secondary N) is 1. The molecule has 0 saturated carbocycles. The van der Waals surface area contributed by atoms with Gasteiger partial charge in [0.25, 0.3) is 0 Å². The normalized spacial score (nSPS) is 10.9. The van der Waals surface area contributed by atoms with E-state index in [-0.39, 0.29) is 5.56 Å². The van der Waals surface area contributed by atoms with E-state index in [0.717, 1.165) is 11.6 Å². The number of methoxy groups -OCH3 is 1. The van der Waals surface area contributed by atoms with Crippen LogP contribution in [0.15, 0.2) is 54.9 Å². The van der Waals surface area contributed by atoms with Crippen LogP contribution in [-0.2, 0) is 0 Å². The summed E-state index contributed by atoms with van der Waals surface area (Å²) < 4.78 is 33.3. The summed E-state index contributed by atoms with van der Waals surface area (Å²) in [6.07, 6.45) is 3.37. The first-order valence-corrected chi connectivity index (χ1v) is 9.10. The van der Waals surface area contributed by atoms with E-state index in [0.29, 0.717) is 40.4 Å². The molecule has 0 radical (unpaired) electrons. The number of halogens is 2. The minimum atomic E-state index is -0.649. The zero-order valence-corrected chi connectivity index (χ0v) is 15.9. The maximum Gasteiger partial charge on any atom is 0.163 e. The van der Waals surface area contributed by atoms with Crippen LogP contribution in [0.1, 0.15) is 6.92 Å². The van der Waals surface area contributed by atoms with Gasteiger partial charge in [-0.3, -0.25) is 4.98 Å². The summed E-state index contributed by atoms with van der Waals surface area (Å²) in [6, 6.07) is 10.6. The largest absolute Gasteiger partial charge is 0.494 e. The van der Waals surface area contributed by atoms with Crippen LogP contribution < -0.4 is 10.1 Å². The fraction of sp³-hybridized carbons (Fsp3) is 0.136. The van der Waals surface area contributed by atoms with Crippen LogP contribution in [0.25, 0.3) is 33.4 Å². The quantitative estimate of drug-likeness (QED) is 0.513. The average molecular weight is 392 g/mol. The number of benzene rings is 2. The smallest absolute Gasteiger partial charge is 0.163 e. The molecule has 0 unspecified atom stereocenters. The average Bonchev–Trinajstić information content (AvgIpc) is 2.74. The molecular weight excluding hydrogens is 374 g/mol. The van der Waals surface area contributed by atoms with Gasteiger partial charge in [-0.1, -0.05) is 0 Å². The van der Waals surface area contributed by atoms with Gasteiger partial charge in [-0.15, -0.1) is 0 Å². The van der Waals surface area contributed by atoms with E-state index in [9.17, 15) is 8.78 Å². The van der Waals surface area contributed by atoms with Gasteiger partial charge >= 0.3 is 0 Å². The van der Waals surface area contributed by atoms with Crippen molar-refractivity contribution < 1.29 is 13.5 Å². The number of ether oxygens (including phenoxy) is 1. The monoisotopic (exact) mass is 392 g/mol. The van der Waals surface area contributed by atoms with Gasteiger partial charge in [0, 0.05) is 41.5 Å². The molecule has 146 valence electrons. The van der Waals surface area contributed by atoms with Crippen molar-refractivity contribution in [2.24, 2.45) is 0 Å². The van der Waals surface area contributed by atoms with E-state index < -0.39 is 11.6 Å². The van der Waals surface area contributed by atoms with Gasteiger partial charge < -0.3 is 10.1 Å². The Morgan fingerprint density at radius 2 is 1.90 bits per heavy atom. The third kappa shape index (κ3) is 3.59. The number of anilines is 1. The third-order valence-corrected chi connectivity index (χ3v) is 4.49. The number of aromatic nitrogens is 3. The topological polar surface area (TPSA) is 59.9 Å². The number of fused-ring (bicyclic) bond motifs is 1. The van der Waals surface area contributed by atoms with Gasteiger partial charge in [0.1, 0.15) is 28.7 Å². The third-order valence-electron chi connectivity index (χ3n) is 4.49. The lowest BCUT2D eigenvalue weighted by atomic mass is 10.0. The highest BCUT2D eigenvalue weighted by Crippen LogP contribution is 2.36. The molecule has 0 aliphatic rings. The summed E-state index contributed by atoms with van der Waals surface area (Å²) in [4.78, 5) is 13.4. The van der Waals surface area contributed by atoms with Crippen molar-refractivity contribution in [3.63, 3.8) is 0 Å². The first-order chi connectivity index (χ1) is 14.1. The second kappa shape index (κ2) is 7.79. The van der Waals surface area contributed by atoms with Gasteiger partial charge in [-0.2, -0.15) is 0 Å². The van der Waals surface area contributed by atoms with Crippen LogP contribution >= 0.6 is 0 Å². The van der Waals surface area contributed by atoms with E-state index >= 15 is 0 Å². The second-order valence-electron chi connectivity index (χ2n) is 6.37. The lowest BCUT2D eigenvalue weighted by Gasteiger charge is -2.14. The molecule has 5 nitrogen and oxygen atoms in total. The summed E-state index contributed by atoms with van der Waals surface area (Å²) in [5.74, 6) is 0.286. The lowest BCUT2D eigenvalue weighted by Crippen LogP contribution is -2.04. The standard InChI is InChI=1S/C22H18F2N4O/c1-3-26-22-17-9-14(16-7-6-15(23)11-18(16)24)10-19(29-2)20(17)27-21(28-22)13-5-4-8-25-12-13/h4-12H,3H2,1-2H3,(H,26,27,28). The number of hydrogen-bond acceptors (Lipinski definition) is 5. The summed E-state index contributed by atoms with van der Waals surface area (Å²) in [5, 5.41) is 3.91. The summed E-state index contributed by atoms with van der Waals surface area (Å²) in [5.41, 5.74) is 2.17. The number of rotatable bonds is 5. The molecule has 0 spiro atoms. The molecule has 4 aromatic rings. The molecule has 2 aromatic carbocycles. The first-order valence-electron chi connectivity index (χ1n) is 9.10. The molecule has 0 aliphatic heterocycles. The fourth-order valence-corrected chi connectivity index (χ4v) is 3.16. The minimum Gasteiger partial charge on any atom is -0.494 e. The summed E-state index contributed by atoms with van der Waals surface area (Å²) in [7, 11) is 1.53. The van der Waals surface area contributed by atoms with Crippen molar-refractivity contribution in [3.8, 4) is 28.3 Å². The SMILES string of the molecule is CCNc1nc(-c2cccnc2)nc2c(OC)cc(-c3ccc(F)cc3F)cc12. The van der Waals surface area contributed by atoms with E-state index in [1.807, 2.05) is 19.1 Å². The Hall–Kier alpha value is -3.61. The van der Waals surface area contributed by atoms with Crippen LogP contribution in [0.3, 0.4) is 0 Å². The Bertz CT molecular complexity index is 1180. The van der Waals surface area contributed by atoms with E-state index in [1.54, 1.807) is 24.5 Å². The van der Waals surface area contributed by atoms with Gasteiger partial charge in [0.15, 0.2) is 5.82 Å². The second-order valence-corrected chi connectivity index (χ2v) is 6.37. The van der Waals surface area contributed by atoms with Crippen LogP contribution in [-0.4, -0.2) is 28.6 Å². The zero-order chi connectivity index (χ0) is 20.4. The Morgan fingerprint density at radius 3 is 2.59 bits per heavy atom. The number of pyridine rings is 1. The fourth-order valence-electron chi connectivity index (χ4n) is 3.16. The first kappa shape index (κ1) is 18.7. The molecule has 2 aromatic heterocycles. The van der Waals surface area contributed by atoms with Crippen LogP contribution in [0, 0.1) is 11.6 Å². The number of nitrogens with zero attached hydrogens (tertiary/aromatic N) is 3. The molecule has 0 fully saturated rings. The van der Waals surface area contributed by atoms with Gasteiger partial charge in [-0.25, -0.2) is 18.7 Å². The van der Waals surface area contributed by atoms with Gasteiger partial charge in [0.2, 0.25) is 0 Å². The highest BCUT2D eigenvalue weighted by molar-refractivity contribution is 5.97. The molecule has 0 atom stereocenters. The van der Waals surface area contributed by atoms with Crippen molar-refractivity contribution >= 4 is 16.7 Å². The van der Waals surface area contributed by atoms with Crippen molar-refractivity contribution in [1.82, 2.24) is 15.0 Å². The van der Waals surface area contributed by atoms with Gasteiger partial charge in [0.05, 0.1) is 7.11 Å². The summed E-state index contributed by atoms with van der Waals surface area (Å²) in [6.45, 7) is 2.59. The Balaban J connectivity index is 1.98. The zero-order valence-electron chi connectivity index (χ0n) is 15.9. The van der Waals surface area contributed by atoms with Crippen molar-refractivity contribution in [2.75, 3.05) is 19.0 Å². The molecule has 1 N–H and O–H groups in total. The van der Waals surface area contributed by atoms with E-state index in [4.69, 9.17) is 4.74 Å². The van der Waals surface area contributed by atoms with E-state index in [2.05, 4.69) is 20.3 Å². The molecule has 0 bridgehead atoms. The number of hydrogen-bond donors (Lipinski definition) is 1. The molecule has 2 heterocycles. The molecule has 0 saturated heterocycles. The highest BCUT2D eigenvalue weighted by Gasteiger charge is 2.17. The predicted molar refractivity (Wildman–Crippen MR) is 109 cm³/mol. The molecule has 7 heteroatoms. The van der Waals surface area contributed by atoms with Crippen LogP contribution in [0.2, 0.25) is 0 Å². The summed E-state index contributed by atoms with van der Waals surface area (Å²) >= 11 is 0. The van der Waals surface area contributed by atoms with Crippen LogP contribution in [0.4, 0.5) is 14.6 Å². The Labute approximate surface area is 166 Å². The maximum absolute atomic E-state index is 14.4. The molecule has 0 amide bonds. The minimum absolute atomic E-state index is 0.269. The molecule has 29 heavy (non-hydrogen) atoms. The maximum atomic E-state index is 14.4. The van der Waals surface area contributed by atoms with Crippen molar-refractivity contribution in [3.05, 3.63) is 66.5 Å². The van der Waals surface area contributed by atoms with Gasteiger partial charge in [-0.05, 0) is 48.9 Å². The Kier molecular flexibility index (Phi) is 5.03. The lowest BCUT2D eigenvalue weighted by molar-refractivity contribution is 0.419. The van der Waals surface area contributed by atoms with Crippen molar-refractivity contribution in [1.29, 1.82) is 0 Å². The van der Waals surface area contributed by atoms with Crippen LogP contribution in [0.5, 0.6) is 5.75 Å². The molecular formula is C22H18F2N4O. The molecule has 4 rings (SSSR count). The molecule has 0 aliphatic carbocycles. The highest BCUT2D eigenvalue weighted by atomic mass is 19.1. The predicted octanol–water partition coefficient (Wildman–Crippen LogP) is 5.08. The Morgan fingerprint density at radius 1 is 1.03 bits per heavy atom.